The van der Waals surface area contributed by atoms with Crippen LogP contribution in [-0.2, 0) is 0 Å². The summed E-state index contributed by atoms with van der Waals surface area (Å²) in [4.78, 5) is 6.50. The first-order valence-corrected chi connectivity index (χ1v) is 6.85. The van der Waals surface area contributed by atoms with Crippen LogP contribution in [0.4, 0.5) is 8.78 Å². The molecule has 0 saturated heterocycles. The number of allylic oxidation sites excluding steroid dienone is 1. The number of aliphatic imine (C=N–C) groups is 1. The third kappa shape index (κ3) is 4.58. The minimum Gasteiger partial charge on any atom is -0.329 e. The molecule has 2 rings (SSSR count). The Morgan fingerprint density at radius 3 is 2.62 bits per heavy atom. The second-order valence-electron chi connectivity index (χ2n) is 5.02. The van der Waals surface area contributed by atoms with Crippen LogP contribution in [0.3, 0.4) is 0 Å². The zero-order chi connectivity index (χ0) is 15.2. The zero-order valence-corrected chi connectivity index (χ0v) is 12.0. The fourth-order valence-electron chi connectivity index (χ4n) is 2.20. The summed E-state index contributed by atoms with van der Waals surface area (Å²) < 4.78 is 26.3. The highest BCUT2D eigenvalue weighted by Crippen LogP contribution is 2.13. The molecular weight excluding hydrogens is 272 g/mol. The van der Waals surface area contributed by atoms with E-state index < -0.39 is 11.6 Å². The average Bonchev–Trinajstić information content (AvgIpc) is 2.83. The lowest BCUT2D eigenvalue weighted by Crippen LogP contribution is -2.28. The van der Waals surface area contributed by atoms with Gasteiger partial charge in [0.1, 0.15) is 11.6 Å². The summed E-state index contributed by atoms with van der Waals surface area (Å²) in [5.74, 6) is -1.16. The van der Waals surface area contributed by atoms with Gasteiger partial charge in [0.25, 0.3) is 0 Å². The SMILES string of the molecule is CN(CCN)CC1=CCN=C1/C=C/c1cc(F)cc(F)c1. The Morgan fingerprint density at radius 1 is 1.24 bits per heavy atom. The molecule has 3 nitrogen and oxygen atoms in total. The molecule has 0 aliphatic carbocycles. The summed E-state index contributed by atoms with van der Waals surface area (Å²) in [6.07, 6.45) is 5.52. The summed E-state index contributed by atoms with van der Waals surface area (Å²) in [5, 5.41) is 0. The number of benzene rings is 1. The van der Waals surface area contributed by atoms with E-state index in [2.05, 4.69) is 16.0 Å². The first-order valence-electron chi connectivity index (χ1n) is 6.85. The molecule has 0 radical (unpaired) electrons. The van der Waals surface area contributed by atoms with Gasteiger partial charge in [-0.1, -0.05) is 12.2 Å². The van der Waals surface area contributed by atoms with E-state index in [1.165, 1.54) is 12.1 Å². The largest absolute Gasteiger partial charge is 0.329 e. The van der Waals surface area contributed by atoms with Gasteiger partial charge < -0.3 is 10.6 Å². The molecule has 0 unspecified atom stereocenters. The smallest absolute Gasteiger partial charge is 0.126 e. The topological polar surface area (TPSA) is 41.6 Å². The predicted molar refractivity (Wildman–Crippen MR) is 82.3 cm³/mol. The summed E-state index contributed by atoms with van der Waals surface area (Å²) >= 11 is 0. The van der Waals surface area contributed by atoms with Gasteiger partial charge in [-0.2, -0.15) is 0 Å². The average molecular weight is 291 g/mol. The maximum atomic E-state index is 13.1. The Balaban J connectivity index is 2.05. The molecule has 5 heteroatoms. The van der Waals surface area contributed by atoms with Crippen LogP contribution in [0.2, 0.25) is 0 Å². The number of rotatable bonds is 6. The lowest BCUT2D eigenvalue weighted by Gasteiger charge is -2.16. The van der Waals surface area contributed by atoms with Crippen LogP contribution in [0.25, 0.3) is 6.08 Å². The molecule has 2 N–H and O–H groups in total. The molecule has 1 aliphatic rings. The third-order valence-electron chi connectivity index (χ3n) is 3.20. The van der Waals surface area contributed by atoms with Crippen molar-refractivity contribution in [1.82, 2.24) is 4.90 Å². The molecule has 21 heavy (non-hydrogen) atoms. The highest BCUT2D eigenvalue weighted by molar-refractivity contribution is 6.12. The molecule has 1 heterocycles. The number of likely N-dealkylation sites (N-methyl/N-ethyl adjacent to an activating group) is 1. The predicted octanol–water partition coefficient (Wildman–Crippen LogP) is 2.25. The van der Waals surface area contributed by atoms with Gasteiger partial charge in [0.05, 0.1) is 12.3 Å². The Labute approximate surface area is 123 Å². The molecule has 0 saturated carbocycles. The summed E-state index contributed by atoms with van der Waals surface area (Å²) in [7, 11) is 2.00. The van der Waals surface area contributed by atoms with E-state index in [0.29, 0.717) is 18.7 Å². The van der Waals surface area contributed by atoms with Crippen molar-refractivity contribution in [3.8, 4) is 0 Å². The second kappa shape index (κ2) is 7.24. The maximum Gasteiger partial charge on any atom is 0.126 e. The Kier molecular flexibility index (Phi) is 5.36. The van der Waals surface area contributed by atoms with E-state index in [9.17, 15) is 8.78 Å². The third-order valence-corrected chi connectivity index (χ3v) is 3.20. The Hall–Kier alpha value is -1.85. The van der Waals surface area contributed by atoms with Crippen molar-refractivity contribution >= 4 is 11.8 Å². The minimum atomic E-state index is -0.582. The van der Waals surface area contributed by atoms with Crippen LogP contribution in [0.15, 0.2) is 40.9 Å². The lowest BCUT2D eigenvalue weighted by molar-refractivity contribution is 0.377. The van der Waals surface area contributed by atoms with Crippen molar-refractivity contribution in [3.63, 3.8) is 0 Å². The van der Waals surface area contributed by atoms with Crippen molar-refractivity contribution in [2.75, 3.05) is 33.2 Å². The van der Waals surface area contributed by atoms with Gasteiger partial charge in [-0.3, -0.25) is 4.99 Å². The number of nitrogens with zero attached hydrogens (tertiary/aromatic N) is 2. The highest BCUT2D eigenvalue weighted by atomic mass is 19.1. The first-order chi connectivity index (χ1) is 10.1. The summed E-state index contributed by atoms with van der Waals surface area (Å²) in [6, 6.07) is 3.44. The molecular formula is C16H19F2N3. The van der Waals surface area contributed by atoms with Crippen LogP contribution in [0.1, 0.15) is 5.56 Å². The van der Waals surface area contributed by atoms with E-state index >= 15 is 0 Å². The van der Waals surface area contributed by atoms with Gasteiger partial charge in [-0.25, -0.2) is 8.78 Å². The van der Waals surface area contributed by atoms with E-state index in [1.54, 1.807) is 12.2 Å². The van der Waals surface area contributed by atoms with E-state index in [-0.39, 0.29) is 0 Å². The minimum absolute atomic E-state index is 0.483. The summed E-state index contributed by atoms with van der Waals surface area (Å²) in [6.45, 7) is 2.82. The lowest BCUT2D eigenvalue weighted by atomic mass is 10.1. The van der Waals surface area contributed by atoms with Crippen molar-refractivity contribution < 1.29 is 8.78 Å². The highest BCUT2D eigenvalue weighted by Gasteiger charge is 2.11. The molecule has 0 aromatic heterocycles. The van der Waals surface area contributed by atoms with Gasteiger partial charge in [-0.15, -0.1) is 0 Å². The van der Waals surface area contributed by atoms with Gasteiger partial charge >= 0.3 is 0 Å². The van der Waals surface area contributed by atoms with Crippen molar-refractivity contribution in [2.24, 2.45) is 10.7 Å². The molecule has 1 aliphatic heterocycles. The van der Waals surface area contributed by atoms with Crippen LogP contribution >= 0.6 is 0 Å². The number of halogens is 2. The van der Waals surface area contributed by atoms with Gasteiger partial charge in [0, 0.05) is 25.7 Å². The van der Waals surface area contributed by atoms with Gasteiger partial charge in [-0.05, 0) is 36.4 Å². The molecule has 1 aromatic rings. The first kappa shape index (κ1) is 15.5. The molecule has 0 fully saturated rings. The van der Waals surface area contributed by atoms with E-state index in [1.807, 2.05) is 7.05 Å². The van der Waals surface area contributed by atoms with Crippen molar-refractivity contribution in [3.05, 3.63) is 53.1 Å². The van der Waals surface area contributed by atoms with Crippen molar-refractivity contribution in [1.29, 1.82) is 0 Å². The summed E-state index contributed by atoms with van der Waals surface area (Å²) in [5.41, 5.74) is 7.97. The van der Waals surface area contributed by atoms with E-state index in [4.69, 9.17) is 5.73 Å². The van der Waals surface area contributed by atoms with Gasteiger partial charge in [0.2, 0.25) is 0 Å². The fraction of sp³-hybridized carbons (Fsp3) is 0.312. The normalized spacial score (nSPS) is 14.9. The molecule has 0 atom stereocenters. The van der Waals surface area contributed by atoms with Gasteiger partial charge in [0.15, 0.2) is 0 Å². The molecule has 1 aromatic carbocycles. The zero-order valence-electron chi connectivity index (χ0n) is 12.0. The Morgan fingerprint density at radius 2 is 1.95 bits per heavy atom. The standard InChI is InChI=1S/C16H19F2N3/c1-21(7-5-19)11-13-4-6-20-16(13)3-2-12-8-14(17)10-15(18)9-12/h2-4,8-10H,5-7,11,19H2,1H3/b3-2+. The van der Waals surface area contributed by atoms with E-state index in [0.717, 1.165) is 30.4 Å². The Bertz CT molecular complexity index is 571. The van der Waals surface area contributed by atoms with Crippen LogP contribution in [-0.4, -0.2) is 43.8 Å². The maximum absolute atomic E-state index is 13.1. The van der Waals surface area contributed by atoms with Crippen LogP contribution in [0, 0.1) is 11.6 Å². The molecule has 0 bridgehead atoms. The number of nitrogens with two attached hydrogens (primary N) is 1. The monoisotopic (exact) mass is 291 g/mol. The molecule has 0 amide bonds. The fourth-order valence-corrected chi connectivity index (χ4v) is 2.20. The number of hydrogen-bond donors (Lipinski definition) is 1. The molecule has 0 spiro atoms. The second-order valence-corrected chi connectivity index (χ2v) is 5.02. The van der Waals surface area contributed by atoms with Crippen LogP contribution in [0.5, 0.6) is 0 Å². The van der Waals surface area contributed by atoms with Crippen LogP contribution < -0.4 is 5.73 Å². The molecule has 112 valence electrons. The number of hydrogen-bond acceptors (Lipinski definition) is 3. The quantitative estimate of drug-likeness (QED) is 0.873. The van der Waals surface area contributed by atoms with Crippen molar-refractivity contribution in [2.45, 2.75) is 0 Å².